The fourth-order valence-electron chi connectivity index (χ4n) is 2.44. The van der Waals surface area contributed by atoms with Gasteiger partial charge in [0, 0.05) is 19.2 Å². The summed E-state index contributed by atoms with van der Waals surface area (Å²) in [5.41, 5.74) is 5.77. The van der Waals surface area contributed by atoms with Crippen LogP contribution in [0.3, 0.4) is 0 Å². The lowest BCUT2D eigenvalue weighted by atomic mass is 9.88. The zero-order valence-electron chi connectivity index (χ0n) is 14.4. The van der Waals surface area contributed by atoms with Crippen LogP contribution in [0.1, 0.15) is 26.3 Å². The fourth-order valence-corrected chi connectivity index (χ4v) is 3.69. The van der Waals surface area contributed by atoms with Gasteiger partial charge < -0.3 is 16.0 Å². The average Bonchev–Trinajstić information content (AvgIpc) is 2.79. The lowest BCUT2D eigenvalue weighted by molar-refractivity contribution is -0.123. The molecule has 1 aliphatic rings. The van der Waals surface area contributed by atoms with Crippen LogP contribution in [-0.4, -0.2) is 50.7 Å². The fraction of sp³-hybridized carbons (Fsp3) is 0.500. The zero-order chi connectivity index (χ0) is 18.1. The molecule has 2 rings (SSSR count). The molecule has 1 aromatic rings. The van der Waals surface area contributed by atoms with Gasteiger partial charge >= 0.3 is 0 Å². The molecule has 132 valence electrons. The number of carbonyl (C=O) groups is 1. The monoisotopic (exact) mass is 352 g/mol. The van der Waals surface area contributed by atoms with Gasteiger partial charge in [-0.2, -0.15) is 8.42 Å². The molecule has 0 fully saturated rings. The molecule has 8 heteroatoms. The summed E-state index contributed by atoms with van der Waals surface area (Å²) in [6, 6.07) is 6.59. The van der Waals surface area contributed by atoms with Crippen molar-refractivity contribution in [2.45, 2.75) is 31.2 Å². The van der Waals surface area contributed by atoms with Crippen LogP contribution in [0.4, 0.5) is 0 Å². The van der Waals surface area contributed by atoms with Crippen LogP contribution in [0.2, 0.25) is 0 Å². The first-order chi connectivity index (χ1) is 11.1. The van der Waals surface area contributed by atoms with Crippen molar-refractivity contribution >= 4 is 21.8 Å². The molecule has 0 radical (unpaired) electrons. The van der Waals surface area contributed by atoms with Gasteiger partial charge in [-0.05, 0) is 25.0 Å². The second-order valence-corrected chi connectivity index (χ2v) is 8.14. The summed E-state index contributed by atoms with van der Waals surface area (Å²) in [7, 11) is -2.05. The number of sulfonamides is 1. The maximum absolute atomic E-state index is 12.3. The highest BCUT2D eigenvalue weighted by Gasteiger charge is 2.32. The predicted octanol–water partition coefficient (Wildman–Crippen LogP) is 0.557. The number of amidine groups is 1. The Kier molecular flexibility index (Phi) is 5.00. The summed E-state index contributed by atoms with van der Waals surface area (Å²) in [6.07, 6.45) is 0. The molecule has 7 nitrogen and oxygen atoms in total. The van der Waals surface area contributed by atoms with E-state index in [1.165, 1.54) is 11.0 Å². The zero-order valence-corrected chi connectivity index (χ0v) is 15.2. The third-order valence-corrected chi connectivity index (χ3v) is 5.80. The van der Waals surface area contributed by atoms with Gasteiger partial charge in [-0.25, -0.2) is 0 Å². The van der Waals surface area contributed by atoms with E-state index in [2.05, 4.69) is 9.71 Å². The third-order valence-electron chi connectivity index (χ3n) is 4.48. The van der Waals surface area contributed by atoms with E-state index >= 15 is 0 Å². The van der Waals surface area contributed by atoms with Crippen molar-refractivity contribution in [3.05, 3.63) is 29.8 Å². The minimum absolute atomic E-state index is 0.00893. The van der Waals surface area contributed by atoms with E-state index in [0.717, 1.165) is 0 Å². The molecule has 1 aromatic carbocycles. The van der Waals surface area contributed by atoms with Crippen molar-refractivity contribution in [3.63, 3.8) is 0 Å². The molecular formula is C16H24N4O3S. The molecule has 1 amide bonds. The highest BCUT2D eigenvalue weighted by atomic mass is 32.2. The van der Waals surface area contributed by atoms with Crippen molar-refractivity contribution in [3.8, 4) is 0 Å². The number of hydrogen-bond donors (Lipinski definition) is 2. The van der Waals surface area contributed by atoms with E-state index in [1.807, 2.05) is 20.8 Å². The number of nitrogens with one attached hydrogen (secondary N) is 1. The van der Waals surface area contributed by atoms with Crippen LogP contribution in [0.25, 0.3) is 0 Å². The van der Waals surface area contributed by atoms with Crippen molar-refractivity contribution < 1.29 is 13.2 Å². The van der Waals surface area contributed by atoms with E-state index in [9.17, 15) is 13.2 Å². The second-order valence-electron chi connectivity index (χ2n) is 6.57. The molecule has 0 aromatic heterocycles. The largest absolute Gasteiger partial charge is 0.349 e. The maximum Gasteiger partial charge on any atom is 0.285 e. The van der Waals surface area contributed by atoms with E-state index < -0.39 is 15.6 Å². The van der Waals surface area contributed by atoms with Crippen LogP contribution in [-0.2, 0) is 14.8 Å². The summed E-state index contributed by atoms with van der Waals surface area (Å²) < 4.78 is 28.0. The number of amides is 1. The predicted molar refractivity (Wildman–Crippen MR) is 93.2 cm³/mol. The first-order valence-corrected chi connectivity index (χ1v) is 9.21. The summed E-state index contributed by atoms with van der Waals surface area (Å²) in [5, 5.41) is 2.93. The number of fused-ring (bicyclic) bond motifs is 1. The standard InChI is InChI=1S/C16H24N4O3S/c1-11(2)16(3,10-17)18-14(21)9-20(4)15-12-7-5-6-8-13(12)24(22,23)19-15/h5-8,11H,9-10,17H2,1-4H3,(H,18,21). The molecule has 24 heavy (non-hydrogen) atoms. The molecule has 1 heterocycles. The lowest BCUT2D eigenvalue weighted by Gasteiger charge is -2.34. The quantitative estimate of drug-likeness (QED) is 0.805. The Labute approximate surface area is 143 Å². The van der Waals surface area contributed by atoms with Crippen LogP contribution in [0.5, 0.6) is 0 Å². The summed E-state index contributed by atoms with van der Waals surface area (Å²) >= 11 is 0. The van der Waals surface area contributed by atoms with E-state index in [0.29, 0.717) is 12.1 Å². The van der Waals surface area contributed by atoms with Crippen molar-refractivity contribution in [1.82, 2.24) is 10.2 Å². The van der Waals surface area contributed by atoms with Crippen LogP contribution in [0, 0.1) is 5.92 Å². The van der Waals surface area contributed by atoms with E-state index in [4.69, 9.17) is 5.73 Å². The SMILES string of the molecule is CC(C)C(C)(CN)NC(=O)CN(C)C1=NS(=O)(=O)c2ccccc21. The molecule has 0 bridgehead atoms. The first-order valence-electron chi connectivity index (χ1n) is 7.77. The summed E-state index contributed by atoms with van der Waals surface area (Å²) in [5.74, 6) is 0.213. The van der Waals surface area contributed by atoms with Gasteiger partial charge in [0.15, 0.2) is 5.84 Å². The Bertz CT molecular complexity index is 773. The van der Waals surface area contributed by atoms with Crippen molar-refractivity contribution in [2.75, 3.05) is 20.1 Å². The summed E-state index contributed by atoms with van der Waals surface area (Å²) in [4.78, 5) is 14.1. The van der Waals surface area contributed by atoms with E-state index in [-0.39, 0.29) is 29.1 Å². The van der Waals surface area contributed by atoms with Gasteiger partial charge in [0.05, 0.1) is 12.1 Å². The lowest BCUT2D eigenvalue weighted by Crippen LogP contribution is -2.57. The number of nitrogens with zero attached hydrogens (tertiary/aromatic N) is 2. The number of likely N-dealkylation sites (N-methyl/N-ethyl adjacent to an activating group) is 1. The second kappa shape index (κ2) is 6.52. The van der Waals surface area contributed by atoms with Crippen LogP contribution in [0.15, 0.2) is 33.6 Å². The molecule has 1 atom stereocenters. The van der Waals surface area contributed by atoms with Crippen LogP contribution >= 0.6 is 0 Å². The maximum atomic E-state index is 12.3. The Balaban J connectivity index is 2.17. The normalized spacial score (nSPS) is 17.8. The number of nitrogens with two attached hydrogens (primary N) is 1. The van der Waals surface area contributed by atoms with Gasteiger partial charge in [0.1, 0.15) is 4.90 Å². The smallest absolute Gasteiger partial charge is 0.285 e. The molecule has 0 saturated heterocycles. The van der Waals surface area contributed by atoms with Crippen molar-refractivity contribution in [1.29, 1.82) is 0 Å². The van der Waals surface area contributed by atoms with Gasteiger partial charge in [-0.3, -0.25) is 4.79 Å². The Morgan fingerprint density at radius 3 is 2.58 bits per heavy atom. The average molecular weight is 352 g/mol. The van der Waals surface area contributed by atoms with Gasteiger partial charge in [-0.1, -0.05) is 26.0 Å². The Morgan fingerprint density at radius 2 is 2.00 bits per heavy atom. The molecule has 3 N–H and O–H groups in total. The molecule has 0 aliphatic carbocycles. The Morgan fingerprint density at radius 1 is 1.38 bits per heavy atom. The van der Waals surface area contributed by atoms with Crippen molar-refractivity contribution in [2.24, 2.45) is 16.0 Å². The first kappa shape index (κ1) is 18.4. The molecule has 1 aliphatic heterocycles. The summed E-state index contributed by atoms with van der Waals surface area (Å²) in [6.45, 7) is 6.17. The topological polar surface area (TPSA) is 105 Å². The molecule has 1 unspecified atom stereocenters. The van der Waals surface area contributed by atoms with Gasteiger partial charge in [-0.15, -0.1) is 4.40 Å². The highest BCUT2D eigenvalue weighted by Crippen LogP contribution is 2.26. The molecular weight excluding hydrogens is 328 g/mol. The third kappa shape index (κ3) is 3.44. The minimum Gasteiger partial charge on any atom is -0.349 e. The number of carbonyl (C=O) groups excluding carboxylic acids is 1. The number of rotatable bonds is 5. The van der Waals surface area contributed by atoms with Gasteiger partial charge in [0.2, 0.25) is 5.91 Å². The van der Waals surface area contributed by atoms with E-state index in [1.54, 1.807) is 25.2 Å². The van der Waals surface area contributed by atoms with Crippen LogP contribution < -0.4 is 11.1 Å². The number of benzene rings is 1. The molecule has 0 saturated carbocycles. The van der Waals surface area contributed by atoms with Gasteiger partial charge in [0.25, 0.3) is 10.0 Å². The Hall–Kier alpha value is -1.93. The number of hydrogen-bond acceptors (Lipinski definition) is 5. The highest BCUT2D eigenvalue weighted by molar-refractivity contribution is 7.90. The minimum atomic E-state index is -3.69. The molecule has 0 spiro atoms.